The smallest absolute Gasteiger partial charge is 0.296 e. The van der Waals surface area contributed by atoms with Crippen molar-refractivity contribution in [1.29, 1.82) is 0 Å². The summed E-state index contributed by atoms with van der Waals surface area (Å²) in [7, 11) is 2.86. The number of hydrogen-bond acceptors (Lipinski definition) is 6. The number of aliphatic hydroxyl groups is 1. The number of likely N-dealkylation sites (tertiary alicyclic amines) is 1. The summed E-state index contributed by atoms with van der Waals surface area (Å²) in [5.41, 5.74) is 1.93. The average molecular weight is 482 g/mol. The summed E-state index contributed by atoms with van der Waals surface area (Å²) in [6.07, 6.45) is 2.34. The SMILES string of the molecule is CCc1ccc(C2/C(=C(\O)c3cc(OC)c(Cl)cc3OC)C(=O)C(=O)N2Cc2ccco2)cc1. The number of carbonyl (C=O) groups excluding carboxylic acids is 2. The van der Waals surface area contributed by atoms with E-state index in [1.165, 1.54) is 37.5 Å². The van der Waals surface area contributed by atoms with Crippen molar-refractivity contribution in [1.82, 2.24) is 4.90 Å². The molecular weight excluding hydrogens is 458 g/mol. The first kappa shape index (κ1) is 23.4. The van der Waals surface area contributed by atoms with Crippen LogP contribution in [0, 0.1) is 0 Å². The fraction of sp³-hybridized carbons (Fsp3) is 0.231. The third-order valence-electron chi connectivity index (χ3n) is 5.88. The van der Waals surface area contributed by atoms with Crippen molar-refractivity contribution >= 4 is 29.1 Å². The molecule has 1 amide bonds. The zero-order valence-electron chi connectivity index (χ0n) is 19.0. The fourth-order valence-corrected chi connectivity index (χ4v) is 4.32. The minimum atomic E-state index is -0.831. The second-order valence-corrected chi connectivity index (χ2v) is 8.20. The van der Waals surface area contributed by atoms with Crippen molar-refractivity contribution in [2.24, 2.45) is 0 Å². The van der Waals surface area contributed by atoms with Gasteiger partial charge in [0.25, 0.3) is 11.7 Å². The quantitative estimate of drug-likeness (QED) is 0.286. The number of methoxy groups -OCH3 is 2. The molecule has 1 aliphatic heterocycles. The van der Waals surface area contributed by atoms with Crippen LogP contribution in [0.4, 0.5) is 0 Å². The summed E-state index contributed by atoms with van der Waals surface area (Å²) >= 11 is 6.21. The van der Waals surface area contributed by atoms with E-state index in [1.807, 2.05) is 31.2 Å². The minimum Gasteiger partial charge on any atom is -0.507 e. The van der Waals surface area contributed by atoms with Gasteiger partial charge >= 0.3 is 0 Å². The first-order valence-electron chi connectivity index (χ1n) is 10.7. The van der Waals surface area contributed by atoms with Crippen molar-refractivity contribution < 1.29 is 28.6 Å². The number of halogens is 1. The standard InChI is InChI=1S/C26H24ClNO6/c1-4-15-7-9-16(10-8-15)23-22(25(30)26(31)28(23)14-17-6-5-11-34-17)24(29)18-12-21(33-3)19(27)13-20(18)32-2/h5-13,23,29H,4,14H2,1-3H3/b24-22+. The molecule has 2 aromatic carbocycles. The minimum absolute atomic E-state index is 0.0523. The van der Waals surface area contributed by atoms with E-state index in [1.54, 1.807) is 12.1 Å². The van der Waals surface area contributed by atoms with Gasteiger partial charge in [-0.2, -0.15) is 0 Å². The number of carbonyl (C=O) groups is 2. The number of benzene rings is 2. The van der Waals surface area contributed by atoms with Crippen LogP contribution in [0.15, 0.2) is 64.8 Å². The Morgan fingerprint density at radius 2 is 1.79 bits per heavy atom. The second kappa shape index (κ2) is 9.65. The van der Waals surface area contributed by atoms with Gasteiger partial charge in [0.2, 0.25) is 0 Å². The van der Waals surface area contributed by atoms with Crippen molar-refractivity contribution in [3.63, 3.8) is 0 Å². The molecule has 1 atom stereocenters. The number of hydrogen-bond donors (Lipinski definition) is 1. The molecule has 0 bridgehead atoms. The van der Waals surface area contributed by atoms with E-state index < -0.39 is 17.7 Å². The summed E-state index contributed by atoms with van der Waals surface area (Å²) in [5, 5.41) is 11.7. The van der Waals surface area contributed by atoms with Gasteiger partial charge in [0.05, 0.1) is 49.2 Å². The van der Waals surface area contributed by atoms with Gasteiger partial charge in [0.15, 0.2) is 0 Å². The van der Waals surface area contributed by atoms with Crippen molar-refractivity contribution in [2.75, 3.05) is 14.2 Å². The van der Waals surface area contributed by atoms with Crippen LogP contribution in [-0.4, -0.2) is 35.9 Å². The predicted octanol–water partition coefficient (Wildman–Crippen LogP) is 5.13. The Hall–Kier alpha value is -3.71. The van der Waals surface area contributed by atoms with Crippen LogP contribution in [-0.2, 0) is 22.6 Å². The number of aryl methyl sites for hydroxylation is 1. The molecule has 4 rings (SSSR count). The van der Waals surface area contributed by atoms with Crippen molar-refractivity contribution in [3.05, 3.63) is 87.8 Å². The molecule has 1 aliphatic rings. The molecule has 2 heterocycles. The maximum Gasteiger partial charge on any atom is 0.296 e. The van der Waals surface area contributed by atoms with E-state index in [0.29, 0.717) is 11.3 Å². The number of Topliss-reactive ketones (excluding diaryl/α,β-unsaturated/α-hetero) is 1. The number of amides is 1. The molecule has 34 heavy (non-hydrogen) atoms. The molecule has 0 saturated carbocycles. The van der Waals surface area contributed by atoms with Crippen molar-refractivity contribution in [2.45, 2.75) is 25.9 Å². The maximum absolute atomic E-state index is 13.2. The Labute approximate surface area is 202 Å². The number of nitrogens with zero attached hydrogens (tertiary/aromatic N) is 1. The van der Waals surface area contributed by atoms with Gasteiger partial charge in [0.1, 0.15) is 23.0 Å². The third kappa shape index (κ3) is 4.15. The van der Waals surface area contributed by atoms with E-state index in [0.717, 1.165) is 12.0 Å². The van der Waals surface area contributed by atoms with Crippen LogP contribution in [0.2, 0.25) is 5.02 Å². The van der Waals surface area contributed by atoms with Crippen LogP contribution >= 0.6 is 11.6 Å². The first-order chi connectivity index (χ1) is 16.4. The van der Waals surface area contributed by atoms with Gasteiger partial charge in [-0.3, -0.25) is 9.59 Å². The van der Waals surface area contributed by atoms with Crippen molar-refractivity contribution in [3.8, 4) is 11.5 Å². The number of ketones is 1. The first-order valence-corrected chi connectivity index (χ1v) is 11.1. The van der Waals surface area contributed by atoms with Gasteiger partial charge < -0.3 is 23.9 Å². The van der Waals surface area contributed by atoms with E-state index >= 15 is 0 Å². The van der Waals surface area contributed by atoms with Gasteiger partial charge in [-0.15, -0.1) is 0 Å². The molecule has 176 valence electrons. The number of furan rings is 1. The monoisotopic (exact) mass is 481 g/mol. The zero-order chi connectivity index (χ0) is 24.4. The summed E-state index contributed by atoms with van der Waals surface area (Å²) in [6, 6.07) is 13.2. The molecule has 0 radical (unpaired) electrons. The topological polar surface area (TPSA) is 89.2 Å². The van der Waals surface area contributed by atoms with E-state index in [2.05, 4.69) is 0 Å². The maximum atomic E-state index is 13.2. The molecule has 0 spiro atoms. The Kier molecular flexibility index (Phi) is 6.65. The van der Waals surface area contributed by atoms with Gasteiger partial charge in [-0.05, 0) is 35.7 Å². The van der Waals surface area contributed by atoms with Gasteiger partial charge in [-0.1, -0.05) is 42.8 Å². The Bertz CT molecular complexity index is 1250. The highest BCUT2D eigenvalue weighted by molar-refractivity contribution is 6.46. The highest BCUT2D eigenvalue weighted by Gasteiger charge is 2.46. The molecule has 1 unspecified atom stereocenters. The summed E-state index contributed by atoms with van der Waals surface area (Å²) < 4.78 is 16.1. The number of ether oxygens (including phenoxy) is 2. The van der Waals surface area contributed by atoms with Crippen LogP contribution in [0.5, 0.6) is 11.5 Å². The molecule has 1 fully saturated rings. The van der Waals surface area contributed by atoms with Crippen LogP contribution in [0.25, 0.3) is 5.76 Å². The molecule has 1 aromatic heterocycles. The zero-order valence-corrected chi connectivity index (χ0v) is 19.8. The Morgan fingerprint density at radius 3 is 2.38 bits per heavy atom. The summed E-state index contributed by atoms with van der Waals surface area (Å²) in [5.74, 6) is -0.871. The third-order valence-corrected chi connectivity index (χ3v) is 6.17. The predicted molar refractivity (Wildman–Crippen MR) is 127 cm³/mol. The lowest BCUT2D eigenvalue weighted by atomic mass is 9.94. The molecule has 7 nitrogen and oxygen atoms in total. The summed E-state index contributed by atoms with van der Waals surface area (Å²) in [4.78, 5) is 27.8. The van der Waals surface area contributed by atoms with Gasteiger partial charge in [-0.25, -0.2) is 0 Å². The van der Waals surface area contributed by atoms with E-state index in [4.69, 9.17) is 25.5 Å². The fourth-order valence-electron chi connectivity index (χ4n) is 4.09. The second-order valence-electron chi connectivity index (χ2n) is 7.79. The molecule has 0 aliphatic carbocycles. The number of rotatable bonds is 7. The Balaban J connectivity index is 1.92. The van der Waals surface area contributed by atoms with Crippen LogP contribution < -0.4 is 9.47 Å². The van der Waals surface area contributed by atoms with Gasteiger partial charge in [0, 0.05) is 6.07 Å². The summed E-state index contributed by atoms with van der Waals surface area (Å²) in [6.45, 7) is 2.10. The van der Waals surface area contributed by atoms with Crippen LogP contribution in [0.3, 0.4) is 0 Å². The average Bonchev–Trinajstić information content (AvgIpc) is 3.46. The van der Waals surface area contributed by atoms with E-state index in [9.17, 15) is 14.7 Å². The van der Waals surface area contributed by atoms with E-state index in [-0.39, 0.29) is 40.0 Å². The lowest BCUT2D eigenvalue weighted by molar-refractivity contribution is -0.140. The number of aliphatic hydroxyl groups excluding tert-OH is 1. The molecule has 1 N–H and O–H groups in total. The highest BCUT2D eigenvalue weighted by atomic mass is 35.5. The highest BCUT2D eigenvalue weighted by Crippen LogP contribution is 2.43. The van der Waals surface area contributed by atoms with Crippen LogP contribution in [0.1, 0.15) is 35.4 Å². The normalized spacial score (nSPS) is 17.3. The Morgan fingerprint density at radius 1 is 1.09 bits per heavy atom. The molecular formula is C26H24ClNO6. The largest absolute Gasteiger partial charge is 0.507 e. The molecule has 1 saturated heterocycles. The molecule has 8 heteroatoms. The lowest BCUT2D eigenvalue weighted by Crippen LogP contribution is -2.29. The molecule has 3 aromatic rings. The lowest BCUT2D eigenvalue weighted by Gasteiger charge is -2.25.